The van der Waals surface area contributed by atoms with Gasteiger partial charge in [-0.1, -0.05) is 24.3 Å². The standard InChI is InChI=1S/C31H37N5O3.ClH/c1-19-20(2)29(36(21(19)3)31(32)38)27-13-24-15-33-16-25(24)14-28(27)30(37)35-17-23-7-5-4-6-22(23)12-26(35)18-34-8-10-39-11-9-34;/h4-7,13-14,26,33H,8-12,15-18H2,1-3H3,(H2,32,38);1H/t26-;/m0./s1. The fourth-order valence-electron chi connectivity index (χ4n) is 6.50. The highest BCUT2D eigenvalue weighted by atomic mass is 35.5. The Bertz CT molecular complexity index is 1460. The zero-order chi connectivity index (χ0) is 27.3. The van der Waals surface area contributed by atoms with Crippen LogP contribution in [0.3, 0.4) is 0 Å². The number of rotatable bonds is 4. The van der Waals surface area contributed by atoms with Crippen molar-refractivity contribution in [3.63, 3.8) is 0 Å². The van der Waals surface area contributed by atoms with E-state index in [1.54, 1.807) is 4.57 Å². The molecule has 3 aliphatic rings. The smallest absolute Gasteiger partial charge is 0.323 e. The molecule has 3 aliphatic heterocycles. The number of nitrogens with zero attached hydrogens (tertiary/aromatic N) is 3. The van der Waals surface area contributed by atoms with Crippen LogP contribution in [0.4, 0.5) is 4.79 Å². The summed E-state index contributed by atoms with van der Waals surface area (Å²) in [5, 5.41) is 3.41. The van der Waals surface area contributed by atoms with Gasteiger partial charge in [0.1, 0.15) is 0 Å². The Morgan fingerprint density at radius 2 is 1.65 bits per heavy atom. The van der Waals surface area contributed by atoms with E-state index in [2.05, 4.69) is 39.4 Å². The highest BCUT2D eigenvalue weighted by Crippen LogP contribution is 2.37. The van der Waals surface area contributed by atoms with Crippen LogP contribution in [0.5, 0.6) is 0 Å². The molecule has 40 heavy (non-hydrogen) atoms. The van der Waals surface area contributed by atoms with Crippen LogP contribution in [0, 0.1) is 20.8 Å². The Morgan fingerprint density at radius 3 is 2.35 bits per heavy atom. The lowest BCUT2D eigenvalue weighted by atomic mass is 9.90. The van der Waals surface area contributed by atoms with Gasteiger partial charge in [0.2, 0.25) is 0 Å². The van der Waals surface area contributed by atoms with Crippen LogP contribution in [0.15, 0.2) is 36.4 Å². The van der Waals surface area contributed by atoms with Crippen molar-refractivity contribution in [1.82, 2.24) is 19.7 Å². The number of fused-ring (bicyclic) bond motifs is 2. The molecule has 4 heterocycles. The molecule has 2 aromatic carbocycles. The first-order chi connectivity index (χ1) is 18.8. The van der Waals surface area contributed by atoms with Gasteiger partial charge in [0.25, 0.3) is 5.91 Å². The highest BCUT2D eigenvalue weighted by molar-refractivity contribution is 6.03. The van der Waals surface area contributed by atoms with Gasteiger partial charge in [-0.25, -0.2) is 4.79 Å². The monoisotopic (exact) mass is 563 g/mol. The van der Waals surface area contributed by atoms with E-state index in [1.807, 2.05) is 32.9 Å². The summed E-state index contributed by atoms with van der Waals surface area (Å²) in [4.78, 5) is 31.8. The van der Waals surface area contributed by atoms with Crippen molar-refractivity contribution in [3.05, 3.63) is 81.0 Å². The first kappa shape index (κ1) is 28.4. The van der Waals surface area contributed by atoms with E-state index in [4.69, 9.17) is 10.5 Å². The van der Waals surface area contributed by atoms with Crippen molar-refractivity contribution in [1.29, 1.82) is 0 Å². The van der Waals surface area contributed by atoms with E-state index in [1.165, 1.54) is 11.1 Å². The van der Waals surface area contributed by atoms with Crippen LogP contribution in [0.2, 0.25) is 0 Å². The third kappa shape index (κ3) is 4.94. The molecule has 1 aromatic heterocycles. The van der Waals surface area contributed by atoms with Gasteiger partial charge in [0, 0.05) is 62.1 Å². The van der Waals surface area contributed by atoms with Crippen LogP contribution in [-0.4, -0.2) is 65.2 Å². The molecule has 6 rings (SSSR count). The topological polar surface area (TPSA) is 92.8 Å². The number of ether oxygens (including phenoxy) is 1. The Hall–Kier alpha value is -3.17. The molecule has 0 saturated carbocycles. The quantitative estimate of drug-likeness (QED) is 0.502. The lowest BCUT2D eigenvalue weighted by molar-refractivity contribution is 0.0193. The van der Waals surface area contributed by atoms with Crippen molar-refractivity contribution in [3.8, 4) is 11.3 Å². The summed E-state index contributed by atoms with van der Waals surface area (Å²) in [6.45, 7) is 12.0. The average molecular weight is 564 g/mol. The van der Waals surface area contributed by atoms with Crippen LogP contribution >= 0.6 is 12.4 Å². The van der Waals surface area contributed by atoms with Gasteiger partial charge in [-0.15, -0.1) is 12.4 Å². The van der Waals surface area contributed by atoms with E-state index in [0.29, 0.717) is 12.1 Å². The number of nitrogens with one attached hydrogen (secondary N) is 1. The summed E-state index contributed by atoms with van der Waals surface area (Å²) in [6, 6.07) is 12.1. The number of primary amides is 1. The van der Waals surface area contributed by atoms with Crippen molar-refractivity contribution in [2.75, 3.05) is 32.8 Å². The second-order valence-electron chi connectivity index (χ2n) is 11.1. The van der Waals surface area contributed by atoms with Crippen LogP contribution in [-0.2, 0) is 30.8 Å². The fourth-order valence-corrected chi connectivity index (χ4v) is 6.50. The Kier molecular flexibility index (Phi) is 8.06. The number of carbonyl (C=O) groups is 2. The van der Waals surface area contributed by atoms with Crippen molar-refractivity contribution >= 4 is 24.3 Å². The summed E-state index contributed by atoms with van der Waals surface area (Å²) in [7, 11) is 0. The van der Waals surface area contributed by atoms with Gasteiger partial charge < -0.3 is 20.7 Å². The van der Waals surface area contributed by atoms with Crippen molar-refractivity contribution < 1.29 is 14.3 Å². The number of carbonyl (C=O) groups excluding carboxylic acids is 2. The number of nitrogens with two attached hydrogens (primary N) is 1. The maximum atomic E-state index is 14.7. The van der Waals surface area contributed by atoms with Gasteiger partial charge in [-0.05, 0) is 72.7 Å². The first-order valence-corrected chi connectivity index (χ1v) is 13.9. The van der Waals surface area contributed by atoms with Gasteiger partial charge in [-0.3, -0.25) is 14.3 Å². The Balaban J connectivity index is 0.00000323. The summed E-state index contributed by atoms with van der Waals surface area (Å²) in [5.74, 6) is -0.000566. The molecule has 2 amide bonds. The molecule has 3 aromatic rings. The molecular weight excluding hydrogens is 526 g/mol. The fraction of sp³-hybridized carbons (Fsp3) is 0.419. The number of hydrogen-bond acceptors (Lipinski definition) is 5. The number of amides is 2. The maximum absolute atomic E-state index is 14.7. The molecule has 0 unspecified atom stereocenters. The molecule has 1 atom stereocenters. The Morgan fingerprint density at radius 1 is 0.975 bits per heavy atom. The minimum atomic E-state index is -0.534. The number of hydrogen-bond donors (Lipinski definition) is 2. The molecule has 9 heteroatoms. The van der Waals surface area contributed by atoms with Crippen molar-refractivity contribution in [2.45, 2.75) is 52.9 Å². The molecule has 0 aliphatic carbocycles. The zero-order valence-corrected chi connectivity index (χ0v) is 24.3. The largest absolute Gasteiger partial charge is 0.379 e. The molecule has 0 radical (unpaired) electrons. The summed E-state index contributed by atoms with van der Waals surface area (Å²) in [5.41, 5.74) is 15.6. The zero-order valence-electron chi connectivity index (χ0n) is 23.5. The summed E-state index contributed by atoms with van der Waals surface area (Å²) < 4.78 is 7.15. The lowest BCUT2D eigenvalue weighted by Gasteiger charge is -2.40. The minimum absolute atomic E-state index is 0. The molecule has 1 saturated heterocycles. The number of halogens is 1. The van der Waals surface area contributed by atoms with Gasteiger partial charge >= 0.3 is 6.03 Å². The predicted octanol–water partition coefficient (Wildman–Crippen LogP) is 3.93. The second-order valence-corrected chi connectivity index (χ2v) is 11.1. The van der Waals surface area contributed by atoms with E-state index in [-0.39, 0.29) is 24.4 Å². The van der Waals surface area contributed by atoms with Crippen LogP contribution in [0.25, 0.3) is 11.3 Å². The Labute approximate surface area is 241 Å². The summed E-state index contributed by atoms with van der Waals surface area (Å²) in [6.07, 6.45) is 0.815. The lowest BCUT2D eigenvalue weighted by Crippen LogP contribution is -2.52. The molecule has 1 fully saturated rings. The van der Waals surface area contributed by atoms with E-state index in [0.717, 1.165) is 91.6 Å². The van der Waals surface area contributed by atoms with Crippen LogP contribution in [0.1, 0.15) is 49.4 Å². The molecule has 8 nitrogen and oxygen atoms in total. The number of benzene rings is 2. The van der Waals surface area contributed by atoms with E-state index < -0.39 is 6.03 Å². The van der Waals surface area contributed by atoms with Gasteiger partial charge in [0.05, 0.1) is 18.9 Å². The highest BCUT2D eigenvalue weighted by Gasteiger charge is 2.35. The molecule has 212 valence electrons. The van der Waals surface area contributed by atoms with Gasteiger partial charge in [0.15, 0.2) is 0 Å². The minimum Gasteiger partial charge on any atom is -0.379 e. The van der Waals surface area contributed by atoms with Gasteiger partial charge in [-0.2, -0.15) is 0 Å². The molecule has 3 N–H and O–H groups in total. The normalized spacial score (nSPS) is 18.7. The average Bonchev–Trinajstić information content (AvgIpc) is 3.49. The third-order valence-electron chi connectivity index (χ3n) is 8.88. The van der Waals surface area contributed by atoms with Crippen molar-refractivity contribution in [2.24, 2.45) is 5.73 Å². The van der Waals surface area contributed by atoms with E-state index in [9.17, 15) is 9.59 Å². The SMILES string of the molecule is Cc1c(C)c(-c2cc3c(cc2C(=O)N2Cc4ccccc4C[C@H]2CN2CCOCC2)CNC3)n(C(N)=O)c1C.Cl. The first-order valence-electron chi connectivity index (χ1n) is 13.9. The molecule has 0 spiro atoms. The van der Waals surface area contributed by atoms with Crippen LogP contribution < -0.4 is 11.1 Å². The number of aromatic nitrogens is 1. The maximum Gasteiger partial charge on any atom is 0.323 e. The van der Waals surface area contributed by atoms with E-state index >= 15 is 0 Å². The third-order valence-corrected chi connectivity index (χ3v) is 8.88. The predicted molar refractivity (Wildman–Crippen MR) is 158 cm³/mol. The molecular formula is C31H38ClN5O3. The summed E-state index contributed by atoms with van der Waals surface area (Å²) >= 11 is 0. The number of morpholine rings is 1. The second kappa shape index (κ2) is 11.4. The molecule has 0 bridgehead atoms.